The fraction of sp³-hybridized carbons (Fsp3) is 0.421. The second-order valence-electron chi connectivity index (χ2n) is 7.25. The Hall–Kier alpha value is -2.13. The number of carbonyl (C=O) groups is 1. The van der Waals surface area contributed by atoms with E-state index in [1.165, 1.54) is 12.4 Å². The van der Waals surface area contributed by atoms with E-state index in [0.29, 0.717) is 28.8 Å². The highest BCUT2D eigenvalue weighted by atomic mass is 32.1. The van der Waals surface area contributed by atoms with Crippen LogP contribution in [0, 0.1) is 5.82 Å². The summed E-state index contributed by atoms with van der Waals surface area (Å²) < 4.78 is 53.8. The number of hydrogen-bond donors (Lipinski definition) is 1. The Morgan fingerprint density at radius 2 is 2.04 bits per heavy atom. The van der Waals surface area contributed by atoms with E-state index in [-0.39, 0.29) is 17.0 Å². The van der Waals surface area contributed by atoms with Gasteiger partial charge in [-0.1, -0.05) is 0 Å². The molecule has 4 nitrogen and oxygen atoms in total. The number of nitrogens with zero attached hydrogens (tertiary/aromatic N) is 2. The first kappa shape index (κ1) is 20.6. The second-order valence-corrected chi connectivity index (χ2v) is 8.31. The molecule has 1 aromatic heterocycles. The van der Waals surface area contributed by atoms with Crippen molar-refractivity contribution in [1.82, 2.24) is 4.98 Å². The van der Waals surface area contributed by atoms with Crippen LogP contribution < -0.4 is 0 Å². The predicted molar refractivity (Wildman–Crippen MR) is 97.0 cm³/mol. The van der Waals surface area contributed by atoms with Crippen molar-refractivity contribution in [3.63, 3.8) is 0 Å². The number of carbonyl (C=O) groups excluding carboxylic acids is 1. The number of halogens is 4. The van der Waals surface area contributed by atoms with Crippen molar-refractivity contribution in [3.05, 3.63) is 50.7 Å². The fourth-order valence-corrected chi connectivity index (χ4v) is 3.62. The van der Waals surface area contributed by atoms with Crippen LogP contribution in [0.25, 0.3) is 0 Å². The smallest absolute Gasteiger partial charge is 0.383 e. The standard InChI is InChI=1S/C19H18F4N2O2S/c1-18(2,27)17-25-9-12(28-17)8-24-16(26)7-14-13(10-3-4-10)5-11(20)6-15(14)19(21,22)23/h5-6,8-10,27H,3-4,7H2,1-2H3. The molecule has 0 bridgehead atoms. The molecule has 2 aromatic rings. The van der Waals surface area contributed by atoms with Gasteiger partial charge >= 0.3 is 6.18 Å². The Labute approximate surface area is 163 Å². The molecule has 1 aromatic carbocycles. The van der Waals surface area contributed by atoms with Gasteiger partial charge in [0.2, 0.25) is 5.91 Å². The lowest BCUT2D eigenvalue weighted by atomic mass is 9.94. The van der Waals surface area contributed by atoms with Gasteiger partial charge in [0.25, 0.3) is 0 Å². The number of benzene rings is 1. The molecule has 0 radical (unpaired) electrons. The monoisotopic (exact) mass is 414 g/mol. The molecule has 1 aliphatic carbocycles. The first-order valence-corrected chi connectivity index (χ1v) is 9.42. The molecule has 1 saturated carbocycles. The quantitative estimate of drug-likeness (QED) is 0.575. The van der Waals surface area contributed by atoms with Crippen LogP contribution in [0.5, 0.6) is 0 Å². The first-order valence-electron chi connectivity index (χ1n) is 8.60. The molecule has 0 saturated heterocycles. The number of aliphatic imine (C=N–C) groups is 1. The van der Waals surface area contributed by atoms with Crippen LogP contribution in [0.2, 0.25) is 0 Å². The van der Waals surface area contributed by atoms with Crippen LogP contribution >= 0.6 is 11.3 Å². The highest BCUT2D eigenvalue weighted by Gasteiger charge is 2.38. The maximum absolute atomic E-state index is 13.7. The SMILES string of the molecule is CC(C)(O)c1ncc(C=NC(=O)Cc2c(C3CC3)cc(F)cc2C(F)(F)F)s1. The zero-order valence-corrected chi connectivity index (χ0v) is 16.0. The van der Waals surface area contributed by atoms with E-state index in [9.17, 15) is 27.5 Å². The number of aromatic nitrogens is 1. The Kier molecular flexibility index (Phi) is 5.42. The maximum Gasteiger partial charge on any atom is 0.416 e. The van der Waals surface area contributed by atoms with Gasteiger partial charge in [0.15, 0.2) is 0 Å². The van der Waals surface area contributed by atoms with Gasteiger partial charge in [-0.2, -0.15) is 13.2 Å². The summed E-state index contributed by atoms with van der Waals surface area (Å²) in [6, 6.07) is 1.51. The summed E-state index contributed by atoms with van der Waals surface area (Å²) in [6.45, 7) is 3.12. The summed E-state index contributed by atoms with van der Waals surface area (Å²) in [7, 11) is 0. The Morgan fingerprint density at radius 3 is 2.57 bits per heavy atom. The lowest BCUT2D eigenvalue weighted by molar-refractivity contribution is -0.138. The van der Waals surface area contributed by atoms with E-state index < -0.39 is 35.5 Å². The third kappa shape index (κ3) is 4.82. The van der Waals surface area contributed by atoms with Gasteiger partial charge in [-0.3, -0.25) is 4.79 Å². The lowest BCUT2D eigenvalue weighted by Crippen LogP contribution is -2.15. The van der Waals surface area contributed by atoms with Crippen molar-refractivity contribution in [1.29, 1.82) is 0 Å². The van der Waals surface area contributed by atoms with Crippen molar-refractivity contribution in [2.24, 2.45) is 4.99 Å². The van der Waals surface area contributed by atoms with Gasteiger partial charge in [-0.25, -0.2) is 14.4 Å². The average molecular weight is 414 g/mol. The Morgan fingerprint density at radius 1 is 1.36 bits per heavy atom. The number of alkyl halides is 3. The lowest BCUT2D eigenvalue weighted by Gasteiger charge is -2.16. The van der Waals surface area contributed by atoms with Gasteiger partial charge in [0.1, 0.15) is 16.4 Å². The van der Waals surface area contributed by atoms with Crippen molar-refractivity contribution in [2.45, 2.75) is 50.8 Å². The van der Waals surface area contributed by atoms with Crippen LogP contribution in [0.1, 0.15) is 59.2 Å². The van der Waals surface area contributed by atoms with Gasteiger partial charge in [-0.05, 0) is 55.9 Å². The third-order valence-electron chi connectivity index (χ3n) is 4.28. The summed E-state index contributed by atoms with van der Waals surface area (Å²) in [5.74, 6) is -1.88. The van der Waals surface area contributed by atoms with E-state index in [1.807, 2.05) is 0 Å². The van der Waals surface area contributed by atoms with Crippen molar-refractivity contribution in [3.8, 4) is 0 Å². The average Bonchev–Trinajstić information content (AvgIpc) is 3.29. The zero-order chi connectivity index (χ0) is 20.7. The third-order valence-corrected chi connectivity index (χ3v) is 5.53. The minimum Gasteiger partial charge on any atom is -0.383 e. The van der Waals surface area contributed by atoms with Gasteiger partial charge in [0.05, 0.1) is 16.9 Å². The molecule has 28 heavy (non-hydrogen) atoms. The number of thiazole rings is 1. The molecule has 1 aliphatic rings. The van der Waals surface area contributed by atoms with E-state index in [2.05, 4.69) is 9.98 Å². The number of aliphatic hydroxyl groups is 1. The molecule has 1 heterocycles. The number of amides is 1. The van der Waals surface area contributed by atoms with Gasteiger partial charge in [0, 0.05) is 12.4 Å². The van der Waals surface area contributed by atoms with Gasteiger partial charge in [-0.15, -0.1) is 11.3 Å². The molecule has 3 rings (SSSR count). The van der Waals surface area contributed by atoms with Crippen LogP contribution in [-0.2, 0) is 23.0 Å². The van der Waals surface area contributed by atoms with Crippen LogP contribution in [0.3, 0.4) is 0 Å². The van der Waals surface area contributed by atoms with Crippen molar-refractivity contribution < 1.29 is 27.5 Å². The minimum atomic E-state index is -4.76. The normalized spacial score (nSPS) is 15.4. The molecule has 0 aliphatic heterocycles. The summed E-state index contributed by atoms with van der Waals surface area (Å²) in [5, 5.41) is 10.3. The largest absolute Gasteiger partial charge is 0.416 e. The molecular formula is C19H18F4N2O2S. The predicted octanol–water partition coefficient (Wildman–Crippen LogP) is 4.59. The maximum atomic E-state index is 13.7. The van der Waals surface area contributed by atoms with E-state index in [4.69, 9.17) is 0 Å². The van der Waals surface area contributed by atoms with E-state index >= 15 is 0 Å². The molecule has 0 unspecified atom stereocenters. The molecule has 0 atom stereocenters. The molecule has 1 N–H and O–H groups in total. The molecule has 1 amide bonds. The van der Waals surface area contributed by atoms with Crippen molar-refractivity contribution >= 4 is 23.5 Å². The molecule has 9 heteroatoms. The highest BCUT2D eigenvalue weighted by Crippen LogP contribution is 2.45. The second kappa shape index (κ2) is 7.36. The van der Waals surface area contributed by atoms with Gasteiger partial charge < -0.3 is 5.11 Å². The number of rotatable bonds is 5. The summed E-state index contributed by atoms with van der Waals surface area (Å²) >= 11 is 1.12. The first-order chi connectivity index (χ1) is 12.9. The summed E-state index contributed by atoms with van der Waals surface area (Å²) in [4.78, 5) is 20.5. The molecule has 1 fully saturated rings. The topological polar surface area (TPSA) is 62.6 Å². The summed E-state index contributed by atoms with van der Waals surface area (Å²) in [5.41, 5.74) is -2.24. The number of hydrogen-bond acceptors (Lipinski definition) is 4. The van der Waals surface area contributed by atoms with Crippen LogP contribution in [0.4, 0.5) is 17.6 Å². The van der Waals surface area contributed by atoms with Crippen LogP contribution in [0.15, 0.2) is 23.3 Å². The minimum absolute atomic E-state index is 0.153. The molecule has 150 valence electrons. The highest BCUT2D eigenvalue weighted by molar-refractivity contribution is 7.13. The van der Waals surface area contributed by atoms with E-state index in [1.54, 1.807) is 13.8 Å². The van der Waals surface area contributed by atoms with E-state index in [0.717, 1.165) is 17.4 Å². The zero-order valence-electron chi connectivity index (χ0n) is 15.2. The molecule has 0 spiro atoms. The fourth-order valence-electron chi connectivity index (χ4n) is 2.83. The van der Waals surface area contributed by atoms with Crippen LogP contribution in [-0.4, -0.2) is 22.2 Å². The summed E-state index contributed by atoms with van der Waals surface area (Å²) in [6.07, 6.45) is -1.34. The Balaban J connectivity index is 1.85. The molecular weight excluding hydrogens is 396 g/mol. The van der Waals surface area contributed by atoms with Crippen molar-refractivity contribution in [2.75, 3.05) is 0 Å². The Bertz CT molecular complexity index is 925.